The van der Waals surface area contributed by atoms with Gasteiger partial charge in [-0.25, -0.2) is 4.98 Å². The van der Waals surface area contributed by atoms with Crippen molar-refractivity contribution in [1.82, 2.24) is 10.3 Å². The minimum absolute atomic E-state index is 0.0241. The van der Waals surface area contributed by atoms with Gasteiger partial charge in [-0.05, 0) is 30.5 Å². The predicted octanol–water partition coefficient (Wildman–Crippen LogP) is 2.66. The standard InChI is InChI=1S/C19H25N5O2S/c1-14(25)21-11-6-5-8-16-13-27-19(23-16)24-18(20)22-12-10-15-7-3-4-9-17(15)26-2/h3-5,7-9,13H,6,10-12H2,1-2H3,(H,21,25)(H3,20,22,23,24). The molecule has 0 saturated carbocycles. The van der Waals surface area contributed by atoms with Gasteiger partial charge in [0.25, 0.3) is 0 Å². The first-order valence-electron chi connectivity index (χ1n) is 8.64. The monoisotopic (exact) mass is 387 g/mol. The lowest BCUT2D eigenvalue weighted by Crippen LogP contribution is -2.23. The highest BCUT2D eigenvalue weighted by atomic mass is 32.1. The van der Waals surface area contributed by atoms with Gasteiger partial charge in [-0.2, -0.15) is 0 Å². The van der Waals surface area contributed by atoms with Gasteiger partial charge in [0.15, 0.2) is 11.1 Å². The van der Waals surface area contributed by atoms with Gasteiger partial charge in [-0.1, -0.05) is 24.3 Å². The molecule has 0 aliphatic rings. The van der Waals surface area contributed by atoms with Gasteiger partial charge in [0.2, 0.25) is 5.91 Å². The van der Waals surface area contributed by atoms with Crippen molar-refractivity contribution >= 4 is 34.4 Å². The average molecular weight is 388 g/mol. The number of rotatable bonds is 9. The molecule has 1 aromatic carbocycles. The number of aromatic nitrogens is 1. The number of nitrogens with one attached hydrogen (secondary N) is 2. The van der Waals surface area contributed by atoms with Gasteiger partial charge in [0.1, 0.15) is 5.75 Å². The molecule has 0 spiro atoms. The van der Waals surface area contributed by atoms with Crippen LogP contribution in [0.4, 0.5) is 5.13 Å². The van der Waals surface area contributed by atoms with Crippen LogP contribution in [0.25, 0.3) is 6.08 Å². The molecule has 1 heterocycles. The zero-order chi connectivity index (χ0) is 19.5. The van der Waals surface area contributed by atoms with E-state index in [0.717, 1.165) is 29.8 Å². The molecule has 0 radical (unpaired) electrons. The Bertz CT molecular complexity index is 801. The fourth-order valence-electron chi connectivity index (χ4n) is 2.31. The maximum atomic E-state index is 10.8. The summed E-state index contributed by atoms with van der Waals surface area (Å²) in [5, 5.41) is 8.37. The number of para-hydroxylation sites is 1. The van der Waals surface area contributed by atoms with Crippen LogP contribution in [0.2, 0.25) is 0 Å². The molecule has 1 amide bonds. The minimum atomic E-state index is -0.0241. The summed E-state index contributed by atoms with van der Waals surface area (Å²) in [6.45, 7) is 2.68. The molecule has 0 unspecified atom stereocenters. The number of anilines is 1. The van der Waals surface area contributed by atoms with E-state index >= 15 is 0 Å². The molecule has 4 N–H and O–H groups in total. The summed E-state index contributed by atoms with van der Waals surface area (Å²) in [4.78, 5) is 19.6. The van der Waals surface area contributed by atoms with E-state index < -0.39 is 0 Å². The number of carbonyl (C=O) groups excluding carboxylic acids is 1. The van der Waals surface area contributed by atoms with Gasteiger partial charge >= 0.3 is 0 Å². The van der Waals surface area contributed by atoms with Crippen molar-refractivity contribution in [2.24, 2.45) is 10.7 Å². The molecule has 2 rings (SSSR count). The third-order valence-corrected chi connectivity index (χ3v) is 4.36. The molecule has 1 aromatic heterocycles. The molecule has 0 atom stereocenters. The largest absolute Gasteiger partial charge is 0.496 e. The van der Waals surface area contributed by atoms with E-state index in [1.807, 2.05) is 41.8 Å². The minimum Gasteiger partial charge on any atom is -0.496 e. The summed E-state index contributed by atoms with van der Waals surface area (Å²) in [6, 6.07) is 7.87. The van der Waals surface area contributed by atoms with E-state index in [-0.39, 0.29) is 5.91 Å². The van der Waals surface area contributed by atoms with Crippen LogP contribution in [0, 0.1) is 0 Å². The molecule has 0 fully saturated rings. The van der Waals surface area contributed by atoms with E-state index in [0.29, 0.717) is 24.2 Å². The zero-order valence-corrected chi connectivity index (χ0v) is 16.4. The van der Waals surface area contributed by atoms with Crippen LogP contribution in [0.1, 0.15) is 24.6 Å². The summed E-state index contributed by atoms with van der Waals surface area (Å²) in [6.07, 6.45) is 5.39. The van der Waals surface area contributed by atoms with Crippen LogP contribution in [-0.4, -0.2) is 37.1 Å². The summed E-state index contributed by atoms with van der Waals surface area (Å²) in [7, 11) is 1.66. The zero-order valence-electron chi connectivity index (χ0n) is 15.6. The molecule has 0 saturated heterocycles. The number of methoxy groups -OCH3 is 1. The number of guanidine groups is 1. The normalized spacial score (nSPS) is 11.6. The molecule has 0 aliphatic heterocycles. The van der Waals surface area contributed by atoms with Gasteiger partial charge in [-0.3, -0.25) is 9.79 Å². The topological polar surface area (TPSA) is 102 Å². The Morgan fingerprint density at radius 1 is 1.41 bits per heavy atom. The maximum absolute atomic E-state index is 10.8. The molecule has 0 aliphatic carbocycles. The van der Waals surface area contributed by atoms with E-state index in [1.165, 1.54) is 18.3 Å². The SMILES string of the molecule is COc1ccccc1CCN=C(N)Nc1nc(C=CCCNC(C)=O)cs1. The Hall–Kier alpha value is -2.87. The molecule has 7 nitrogen and oxygen atoms in total. The number of benzene rings is 1. The highest BCUT2D eigenvalue weighted by molar-refractivity contribution is 7.14. The molecular weight excluding hydrogens is 362 g/mol. The Morgan fingerprint density at radius 2 is 2.22 bits per heavy atom. The maximum Gasteiger partial charge on any atom is 0.216 e. The number of amides is 1. The third-order valence-electron chi connectivity index (χ3n) is 3.59. The molecule has 144 valence electrons. The molecule has 27 heavy (non-hydrogen) atoms. The Morgan fingerprint density at radius 3 is 3.00 bits per heavy atom. The van der Waals surface area contributed by atoms with Gasteiger partial charge in [-0.15, -0.1) is 11.3 Å². The van der Waals surface area contributed by atoms with Gasteiger partial charge in [0, 0.05) is 25.4 Å². The molecule has 8 heteroatoms. The fourth-order valence-corrected chi connectivity index (χ4v) is 3.00. The smallest absolute Gasteiger partial charge is 0.216 e. The lowest BCUT2D eigenvalue weighted by atomic mass is 10.1. The van der Waals surface area contributed by atoms with Crippen molar-refractivity contribution in [3.8, 4) is 5.75 Å². The van der Waals surface area contributed by atoms with Crippen molar-refractivity contribution in [2.45, 2.75) is 19.8 Å². The van der Waals surface area contributed by atoms with Crippen LogP contribution in [0.3, 0.4) is 0 Å². The van der Waals surface area contributed by atoms with Gasteiger partial charge < -0.3 is 21.1 Å². The van der Waals surface area contributed by atoms with Crippen LogP contribution in [0.5, 0.6) is 5.75 Å². The summed E-state index contributed by atoms with van der Waals surface area (Å²) in [5.74, 6) is 1.17. The quantitative estimate of drug-likeness (QED) is 0.349. The van der Waals surface area contributed by atoms with E-state index in [1.54, 1.807) is 7.11 Å². The molecule has 0 bridgehead atoms. The highest BCUT2D eigenvalue weighted by Gasteiger charge is 2.03. The summed E-state index contributed by atoms with van der Waals surface area (Å²) >= 11 is 1.46. The number of carbonyl (C=O) groups is 1. The number of hydrogen-bond acceptors (Lipinski definition) is 5. The van der Waals surface area contributed by atoms with Gasteiger partial charge in [0.05, 0.1) is 12.8 Å². The lowest BCUT2D eigenvalue weighted by Gasteiger charge is -2.06. The average Bonchev–Trinajstić information content (AvgIpc) is 3.08. The molecular formula is C19H25N5O2S. The Labute approximate surface area is 163 Å². The second kappa shape index (κ2) is 11.0. The second-order valence-corrected chi connectivity index (χ2v) is 6.56. The molecule has 2 aromatic rings. The van der Waals surface area contributed by atoms with Crippen molar-refractivity contribution in [3.63, 3.8) is 0 Å². The number of aliphatic imine (C=N–C) groups is 1. The first kappa shape index (κ1) is 20.4. The number of thiazole rings is 1. The number of nitrogens with zero attached hydrogens (tertiary/aromatic N) is 2. The van der Waals surface area contributed by atoms with Crippen LogP contribution < -0.4 is 21.1 Å². The van der Waals surface area contributed by atoms with Crippen molar-refractivity contribution in [2.75, 3.05) is 25.5 Å². The first-order chi connectivity index (χ1) is 13.1. The van der Waals surface area contributed by atoms with Crippen LogP contribution >= 0.6 is 11.3 Å². The number of nitrogens with two attached hydrogens (primary N) is 1. The Kier molecular flexibility index (Phi) is 8.31. The lowest BCUT2D eigenvalue weighted by molar-refractivity contribution is -0.118. The van der Waals surface area contributed by atoms with Crippen LogP contribution in [-0.2, 0) is 11.2 Å². The highest BCUT2D eigenvalue weighted by Crippen LogP contribution is 2.18. The van der Waals surface area contributed by atoms with Crippen molar-refractivity contribution < 1.29 is 9.53 Å². The Balaban J connectivity index is 1.79. The summed E-state index contributed by atoms with van der Waals surface area (Å²) in [5.41, 5.74) is 7.87. The third kappa shape index (κ3) is 7.49. The second-order valence-electron chi connectivity index (χ2n) is 5.71. The van der Waals surface area contributed by atoms with E-state index in [9.17, 15) is 4.79 Å². The predicted molar refractivity (Wildman–Crippen MR) is 111 cm³/mol. The van der Waals surface area contributed by atoms with E-state index in [4.69, 9.17) is 10.5 Å². The van der Waals surface area contributed by atoms with Crippen LogP contribution in [0.15, 0.2) is 40.7 Å². The fraction of sp³-hybridized carbons (Fsp3) is 0.316. The van der Waals surface area contributed by atoms with Crippen molar-refractivity contribution in [1.29, 1.82) is 0 Å². The number of ether oxygens (including phenoxy) is 1. The van der Waals surface area contributed by atoms with Crippen molar-refractivity contribution in [3.05, 3.63) is 47.0 Å². The first-order valence-corrected chi connectivity index (χ1v) is 9.52. The van der Waals surface area contributed by atoms with E-state index in [2.05, 4.69) is 20.6 Å². The number of hydrogen-bond donors (Lipinski definition) is 3. The summed E-state index contributed by atoms with van der Waals surface area (Å²) < 4.78 is 5.33.